The van der Waals surface area contributed by atoms with Crippen molar-refractivity contribution in [3.05, 3.63) is 29.2 Å². The van der Waals surface area contributed by atoms with E-state index in [9.17, 15) is 13.6 Å². The Balaban J connectivity index is 2.77. The van der Waals surface area contributed by atoms with Gasteiger partial charge in [0.15, 0.2) is 5.65 Å². The van der Waals surface area contributed by atoms with Crippen molar-refractivity contribution in [1.82, 2.24) is 14.6 Å². The highest BCUT2D eigenvalue weighted by molar-refractivity contribution is 5.89. The third-order valence-electron chi connectivity index (χ3n) is 2.54. The molecule has 0 fully saturated rings. The van der Waals surface area contributed by atoms with Gasteiger partial charge in [-0.05, 0) is 5.92 Å². The van der Waals surface area contributed by atoms with Crippen LogP contribution in [0.1, 0.15) is 47.9 Å². The Morgan fingerprint density at radius 2 is 2.11 bits per heavy atom. The Bertz CT molecular complexity index is 608. The summed E-state index contributed by atoms with van der Waals surface area (Å²) >= 11 is 0. The molecule has 0 aliphatic heterocycles. The molecule has 0 bridgehead atoms. The van der Waals surface area contributed by atoms with Gasteiger partial charge >= 0.3 is 5.97 Å². The van der Waals surface area contributed by atoms with Crippen molar-refractivity contribution in [2.24, 2.45) is 0 Å². The first-order chi connectivity index (χ1) is 8.41. The minimum absolute atomic E-state index is 0.0265. The summed E-state index contributed by atoms with van der Waals surface area (Å²) in [6.45, 7) is 3.54. The van der Waals surface area contributed by atoms with Gasteiger partial charge < -0.3 is 5.11 Å². The number of carbonyl (C=O) groups is 1. The Hall–Kier alpha value is -2.05. The smallest absolute Gasteiger partial charge is 0.339 e. The van der Waals surface area contributed by atoms with Crippen molar-refractivity contribution in [3.8, 4) is 0 Å². The van der Waals surface area contributed by atoms with Crippen LogP contribution in [0.25, 0.3) is 5.65 Å². The highest BCUT2D eigenvalue weighted by Gasteiger charge is 2.21. The number of fused-ring (bicyclic) bond motifs is 1. The molecule has 2 rings (SSSR count). The third-order valence-corrected chi connectivity index (χ3v) is 2.54. The molecular weight excluding hydrogens is 244 g/mol. The van der Waals surface area contributed by atoms with Crippen molar-refractivity contribution in [3.63, 3.8) is 0 Å². The molecule has 0 saturated heterocycles. The van der Waals surface area contributed by atoms with Gasteiger partial charge in [-0.1, -0.05) is 13.8 Å². The highest BCUT2D eigenvalue weighted by atomic mass is 19.3. The molecular formula is C11H11F2N3O2. The lowest BCUT2D eigenvalue weighted by Crippen LogP contribution is -2.11. The van der Waals surface area contributed by atoms with E-state index in [1.807, 2.05) is 0 Å². The number of alkyl halides is 2. The number of aromatic carboxylic acids is 1. The Labute approximate surface area is 101 Å². The van der Waals surface area contributed by atoms with E-state index >= 15 is 0 Å². The molecule has 0 spiro atoms. The van der Waals surface area contributed by atoms with E-state index in [1.165, 1.54) is 10.7 Å². The lowest BCUT2D eigenvalue weighted by molar-refractivity contribution is 0.0694. The maximum atomic E-state index is 12.6. The first-order valence-electron chi connectivity index (χ1n) is 5.31. The van der Waals surface area contributed by atoms with Crippen molar-refractivity contribution >= 4 is 11.6 Å². The van der Waals surface area contributed by atoms with Crippen LogP contribution >= 0.6 is 0 Å². The number of carboxylic acids is 1. The summed E-state index contributed by atoms with van der Waals surface area (Å²) < 4.78 is 26.3. The summed E-state index contributed by atoms with van der Waals surface area (Å²) in [7, 11) is 0. The Morgan fingerprint density at radius 3 is 2.61 bits per heavy atom. The monoisotopic (exact) mass is 255 g/mol. The van der Waals surface area contributed by atoms with Crippen LogP contribution in [0.15, 0.2) is 12.3 Å². The number of nitrogens with zero attached hydrogens (tertiary/aromatic N) is 3. The molecule has 2 aromatic rings. The zero-order chi connectivity index (χ0) is 13.4. The van der Waals surface area contributed by atoms with E-state index in [-0.39, 0.29) is 17.1 Å². The third kappa shape index (κ3) is 1.92. The standard InChI is InChI=1S/C11H11F2N3O2/c1-5(2)9-6(11(17)18)4-14-8-3-7(10(12)13)15-16(8)9/h3-5,10H,1-2H3,(H,17,18). The van der Waals surface area contributed by atoms with Gasteiger partial charge in [0.25, 0.3) is 6.43 Å². The van der Waals surface area contributed by atoms with Gasteiger partial charge in [0, 0.05) is 12.3 Å². The second-order valence-electron chi connectivity index (χ2n) is 4.16. The van der Waals surface area contributed by atoms with E-state index in [2.05, 4.69) is 10.1 Å². The molecule has 0 aromatic carbocycles. The summed E-state index contributed by atoms with van der Waals surface area (Å²) in [5, 5.41) is 12.8. The van der Waals surface area contributed by atoms with E-state index in [0.717, 1.165) is 6.07 Å². The molecule has 0 unspecified atom stereocenters. The van der Waals surface area contributed by atoms with Crippen LogP contribution in [0, 0.1) is 0 Å². The molecule has 18 heavy (non-hydrogen) atoms. The molecule has 0 saturated carbocycles. The Morgan fingerprint density at radius 1 is 1.44 bits per heavy atom. The lowest BCUT2D eigenvalue weighted by Gasteiger charge is -2.11. The number of halogens is 2. The summed E-state index contributed by atoms with van der Waals surface area (Å²) in [5.41, 5.74) is 0.145. The van der Waals surface area contributed by atoms with Gasteiger partial charge in [-0.25, -0.2) is 23.1 Å². The maximum absolute atomic E-state index is 12.6. The second-order valence-corrected chi connectivity index (χ2v) is 4.16. The zero-order valence-corrected chi connectivity index (χ0v) is 9.76. The Kier molecular flexibility index (Phi) is 2.98. The predicted octanol–water partition coefficient (Wildman–Crippen LogP) is 2.49. The minimum atomic E-state index is -2.71. The minimum Gasteiger partial charge on any atom is -0.478 e. The molecule has 2 heterocycles. The number of carboxylic acid groups (broad SMARTS) is 1. The second kappa shape index (κ2) is 4.32. The SMILES string of the molecule is CC(C)c1c(C(=O)O)cnc2cc(C(F)F)nn12. The van der Waals surface area contributed by atoms with Gasteiger partial charge in [0.05, 0.1) is 11.3 Å². The normalized spacial score (nSPS) is 11.7. The number of aromatic nitrogens is 3. The van der Waals surface area contributed by atoms with Crippen LogP contribution in [0.5, 0.6) is 0 Å². The van der Waals surface area contributed by atoms with Gasteiger partial charge in [-0.3, -0.25) is 0 Å². The number of hydrogen-bond acceptors (Lipinski definition) is 3. The fourth-order valence-corrected chi connectivity index (χ4v) is 1.80. The summed E-state index contributed by atoms with van der Waals surface area (Å²) in [4.78, 5) is 14.9. The highest BCUT2D eigenvalue weighted by Crippen LogP contribution is 2.23. The largest absolute Gasteiger partial charge is 0.478 e. The van der Waals surface area contributed by atoms with Crippen LogP contribution in [-0.4, -0.2) is 25.7 Å². The van der Waals surface area contributed by atoms with Crippen molar-refractivity contribution in [2.45, 2.75) is 26.2 Å². The zero-order valence-electron chi connectivity index (χ0n) is 9.76. The van der Waals surface area contributed by atoms with Crippen molar-refractivity contribution in [2.75, 3.05) is 0 Å². The molecule has 96 valence electrons. The predicted molar refractivity (Wildman–Crippen MR) is 59.0 cm³/mol. The van der Waals surface area contributed by atoms with Crippen molar-refractivity contribution in [1.29, 1.82) is 0 Å². The molecule has 0 aliphatic rings. The average Bonchev–Trinajstić information content (AvgIpc) is 2.70. The van der Waals surface area contributed by atoms with E-state index in [0.29, 0.717) is 5.69 Å². The molecule has 1 N–H and O–H groups in total. The van der Waals surface area contributed by atoms with E-state index in [4.69, 9.17) is 5.11 Å². The van der Waals surface area contributed by atoms with Gasteiger partial charge in [0.2, 0.25) is 0 Å². The van der Waals surface area contributed by atoms with Crippen LogP contribution in [0.2, 0.25) is 0 Å². The fraction of sp³-hybridized carbons (Fsp3) is 0.364. The molecule has 0 atom stereocenters. The van der Waals surface area contributed by atoms with Crippen LogP contribution in [0.3, 0.4) is 0 Å². The number of hydrogen-bond donors (Lipinski definition) is 1. The molecule has 0 amide bonds. The van der Waals surface area contributed by atoms with E-state index < -0.39 is 18.1 Å². The lowest BCUT2D eigenvalue weighted by atomic mass is 10.1. The topological polar surface area (TPSA) is 67.5 Å². The molecule has 0 radical (unpaired) electrons. The van der Waals surface area contributed by atoms with Gasteiger partial charge in [-0.15, -0.1) is 0 Å². The van der Waals surface area contributed by atoms with Crippen molar-refractivity contribution < 1.29 is 18.7 Å². The summed E-state index contributed by atoms with van der Waals surface area (Å²) in [6.07, 6.45) is -1.54. The first kappa shape index (κ1) is 12.4. The average molecular weight is 255 g/mol. The summed E-state index contributed by atoms with van der Waals surface area (Å²) in [6, 6.07) is 1.15. The molecule has 5 nitrogen and oxygen atoms in total. The fourth-order valence-electron chi connectivity index (χ4n) is 1.80. The van der Waals surface area contributed by atoms with Crippen LogP contribution in [-0.2, 0) is 0 Å². The van der Waals surface area contributed by atoms with Gasteiger partial charge in [-0.2, -0.15) is 5.10 Å². The molecule has 0 aliphatic carbocycles. The quantitative estimate of drug-likeness (QED) is 0.914. The summed E-state index contributed by atoms with van der Waals surface area (Å²) in [5.74, 6) is -1.32. The molecule has 2 aromatic heterocycles. The maximum Gasteiger partial charge on any atom is 0.339 e. The van der Waals surface area contributed by atoms with Crippen LogP contribution < -0.4 is 0 Å². The van der Waals surface area contributed by atoms with Gasteiger partial charge in [0.1, 0.15) is 5.69 Å². The first-order valence-corrected chi connectivity index (χ1v) is 5.31. The molecule has 7 heteroatoms. The van der Waals surface area contributed by atoms with E-state index in [1.54, 1.807) is 13.8 Å². The number of rotatable bonds is 3. The van der Waals surface area contributed by atoms with Crippen LogP contribution in [0.4, 0.5) is 8.78 Å².